The quantitative estimate of drug-likeness (QED) is 0.590. The van der Waals surface area contributed by atoms with Gasteiger partial charge in [-0.2, -0.15) is 18.6 Å². The van der Waals surface area contributed by atoms with Gasteiger partial charge < -0.3 is 5.73 Å². The largest absolute Gasteiger partial charge is 0.416 e. The molecule has 0 aliphatic carbocycles. The third-order valence-electron chi connectivity index (χ3n) is 3.68. The minimum absolute atomic E-state index is 0.0343. The van der Waals surface area contributed by atoms with Gasteiger partial charge in [0.25, 0.3) is 0 Å². The van der Waals surface area contributed by atoms with Crippen LogP contribution < -0.4 is 22.3 Å². The molecule has 2 aromatic rings. The zero-order valence-corrected chi connectivity index (χ0v) is 15.6. The first-order chi connectivity index (χ1) is 12.5. The van der Waals surface area contributed by atoms with E-state index in [1.165, 1.54) is 18.2 Å². The van der Waals surface area contributed by atoms with E-state index in [-0.39, 0.29) is 25.8 Å². The normalized spacial score (nSPS) is 20.9. The van der Waals surface area contributed by atoms with Crippen LogP contribution in [0.5, 0.6) is 0 Å². The second kappa shape index (κ2) is 6.95. The van der Waals surface area contributed by atoms with Gasteiger partial charge in [-0.25, -0.2) is 9.20 Å². The van der Waals surface area contributed by atoms with Gasteiger partial charge in [0.15, 0.2) is 0 Å². The van der Waals surface area contributed by atoms with Gasteiger partial charge in [-0.1, -0.05) is 29.3 Å². The Morgan fingerprint density at radius 2 is 1.78 bits per heavy atom. The molecule has 27 heavy (non-hydrogen) atoms. The first-order valence-electron chi connectivity index (χ1n) is 7.27. The lowest BCUT2D eigenvalue weighted by Crippen LogP contribution is -2.50. The summed E-state index contributed by atoms with van der Waals surface area (Å²) in [6.45, 7) is 0. The number of hydrogen-bond acceptors (Lipinski definition) is 6. The summed E-state index contributed by atoms with van der Waals surface area (Å²) >= 11 is 12.4. The molecule has 0 saturated heterocycles. The number of hydrazine groups is 1. The maximum Gasteiger partial charge on any atom is 0.416 e. The molecule has 1 aliphatic heterocycles. The Kier molecular flexibility index (Phi) is 5.12. The second-order valence-corrected chi connectivity index (χ2v) is 7.81. The summed E-state index contributed by atoms with van der Waals surface area (Å²) in [5.74, 6) is -1.41. The number of hydrogen-bond donors (Lipinski definition) is 4. The monoisotopic (exact) mass is 437 g/mol. The van der Waals surface area contributed by atoms with E-state index < -0.39 is 28.3 Å². The molecule has 0 fully saturated rings. The average molecular weight is 438 g/mol. The molecule has 0 bridgehead atoms. The number of alkyl halides is 3. The highest BCUT2D eigenvalue weighted by atomic mass is 35.5. The Hall–Kier alpha value is -1.85. The van der Waals surface area contributed by atoms with E-state index in [4.69, 9.17) is 34.7 Å². The van der Waals surface area contributed by atoms with Crippen LogP contribution in [0.2, 0.25) is 10.0 Å². The van der Waals surface area contributed by atoms with Crippen LogP contribution in [0.4, 0.5) is 13.2 Å². The summed E-state index contributed by atoms with van der Waals surface area (Å²) in [5.41, 5.74) is 16.1. The number of nitrogens with two attached hydrogens (primary N) is 2. The van der Waals surface area contributed by atoms with Gasteiger partial charge in [-0.15, -0.1) is 0 Å². The molecule has 1 heterocycles. The van der Waals surface area contributed by atoms with Crippen molar-refractivity contribution in [3.8, 4) is 0 Å². The molecule has 2 atom stereocenters. The zero-order valence-electron chi connectivity index (χ0n) is 13.3. The molecule has 0 aromatic heterocycles. The number of nitrogens with zero attached hydrogens (tertiary/aromatic N) is 1. The van der Waals surface area contributed by atoms with E-state index in [1.807, 2.05) is 0 Å². The van der Waals surface area contributed by atoms with Gasteiger partial charge in [0, 0.05) is 10.5 Å². The first-order valence-corrected chi connectivity index (χ1v) is 9.18. The van der Waals surface area contributed by atoms with Crippen LogP contribution in [0.1, 0.15) is 11.1 Å². The van der Waals surface area contributed by atoms with Gasteiger partial charge in [-0.3, -0.25) is 11.2 Å². The predicted octanol–water partition coefficient (Wildman–Crippen LogP) is 2.67. The summed E-state index contributed by atoms with van der Waals surface area (Å²) in [5, 5.41) is -0.0823. The number of halogens is 5. The van der Waals surface area contributed by atoms with Crippen LogP contribution in [-0.4, -0.2) is 10.2 Å². The molecular weight excluding hydrogens is 426 g/mol. The van der Waals surface area contributed by atoms with Crippen LogP contribution in [-0.2, 0) is 22.8 Å². The van der Waals surface area contributed by atoms with Gasteiger partial charge in [0.1, 0.15) is 0 Å². The summed E-state index contributed by atoms with van der Waals surface area (Å²) in [6, 6.07) is 6.85. The zero-order chi connectivity index (χ0) is 20.0. The highest BCUT2D eigenvalue weighted by Gasteiger charge is 2.34. The van der Waals surface area contributed by atoms with Gasteiger partial charge in [0.05, 0.1) is 31.3 Å². The van der Waals surface area contributed by atoms with E-state index in [9.17, 15) is 17.4 Å². The highest BCUT2D eigenvalue weighted by molar-refractivity contribution is 7.85. The van der Waals surface area contributed by atoms with Crippen LogP contribution in [0.15, 0.2) is 51.2 Å². The fourth-order valence-electron chi connectivity index (χ4n) is 2.40. The van der Waals surface area contributed by atoms with Crippen molar-refractivity contribution in [2.45, 2.75) is 21.8 Å². The van der Waals surface area contributed by atoms with Gasteiger partial charge >= 0.3 is 6.18 Å². The fourth-order valence-corrected chi connectivity index (χ4v) is 4.46. The average Bonchev–Trinajstić information content (AvgIpc) is 2.94. The Bertz CT molecular complexity index is 946. The maximum atomic E-state index is 12.9. The minimum atomic E-state index is -4.57. The number of benzene rings is 2. The lowest BCUT2D eigenvalue weighted by Gasteiger charge is -2.22. The predicted molar refractivity (Wildman–Crippen MR) is 96.3 cm³/mol. The molecule has 0 amide bonds. The summed E-state index contributed by atoms with van der Waals surface area (Å²) in [4.78, 5) is 3.85. The third kappa shape index (κ3) is 3.90. The lowest BCUT2D eigenvalue weighted by atomic mass is 10.1. The van der Waals surface area contributed by atoms with Crippen molar-refractivity contribution in [2.75, 3.05) is 0 Å². The van der Waals surface area contributed by atoms with E-state index in [0.29, 0.717) is 5.56 Å². The van der Waals surface area contributed by atoms with Crippen LogP contribution in [0.3, 0.4) is 0 Å². The van der Waals surface area contributed by atoms with Crippen LogP contribution >= 0.6 is 23.2 Å². The van der Waals surface area contributed by atoms with E-state index >= 15 is 0 Å². The van der Waals surface area contributed by atoms with Crippen molar-refractivity contribution in [2.24, 2.45) is 16.5 Å². The van der Waals surface area contributed by atoms with Crippen LogP contribution in [0, 0.1) is 0 Å². The summed E-state index contributed by atoms with van der Waals surface area (Å²) in [7, 11) is -2.05. The topological polar surface area (TPSA) is 106 Å². The molecule has 0 radical (unpaired) electrons. The van der Waals surface area contributed by atoms with E-state index in [2.05, 4.69) is 15.8 Å². The molecule has 0 spiro atoms. The molecule has 3 rings (SSSR count). The van der Waals surface area contributed by atoms with Crippen molar-refractivity contribution in [3.05, 3.63) is 57.6 Å². The first kappa shape index (κ1) is 19.9. The summed E-state index contributed by atoms with van der Waals surface area (Å²) < 4.78 is 51.5. The molecule has 0 saturated carbocycles. The molecule has 2 unspecified atom stereocenters. The van der Waals surface area contributed by atoms with E-state index in [0.717, 1.165) is 18.2 Å². The Morgan fingerprint density at radius 3 is 2.30 bits per heavy atom. The maximum absolute atomic E-state index is 12.9. The molecule has 144 valence electrons. The molecule has 12 heteroatoms. The molecule has 6 N–H and O–H groups in total. The summed E-state index contributed by atoms with van der Waals surface area (Å²) in [6.07, 6.45) is -4.57. The number of guanidine groups is 1. The van der Waals surface area contributed by atoms with E-state index in [1.54, 1.807) is 0 Å². The molecule has 1 aliphatic rings. The highest BCUT2D eigenvalue weighted by Crippen LogP contribution is 2.37. The Balaban J connectivity index is 2.02. The third-order valence-corrected chi connectivity index (χ3v) is 5.99. The van der Waals surface area contributed by atoms with Crippen molar-refractivity contribution < 1.29 is 17.4 Å². The Labute approximate surface area is 164 Å². The van der Waals surface area contributed by atoms with Crippen molar-refractivity contribution >= 4 is 40.0 Å². The number of nitrogens with one attached hydrogen (secondary N) is 2. The smallest absolute Gasteiger partial charge is 0.369 e. The van der Waals surface area contributed by atoms with Crippen molar-refractivity contribution in [1.29, 1.82) is 0 Å². The van der Waals surface area contributed by atoms with Crippen molar-refractivity contribution in [3.63, 3.8) is 0 Å². The molecule has 2 aromatic carbocycles. The number of rotatable bonds is 3. The second-order valence-electron chi connectivity index (χ2n) is 5.58. The minimum Gasteiger partial charge on any atom is -0.369 e. The number of aliphatic imine (C=N–C) groups is 1. The molecular formula is C15H12Cl2F3N5OS. The molecule has 6 nitrogen and oxygen atoms in total. The Morgan fingerprint density at radius 1 is 1.15 bits per heavy atom. The van der Waals surface area contributed by atoms with Crippen LogP contribution in [0.25, 0.3) is 0 Å². The SMILES string of the molecule is NC1=NC(N)(c2cc(Cl)c(S(=O)c3cccc(C(F)(F)F)c3)c(Cl)c2)NN1. The lowest BCUT2D eigenvalue weighted by molar-refractivity contribution is -0.137. The standard InChI is InChI=1S/C15H12Cl2F3N5OS/c16-10-5-8(15(22)23-13(21)24-25-15)6-11(17)12(10)27(26)9-3-1-2-7(4-9)14(18,19)20/h1-6,25H,22H2,(H3,21,23,24). The van der Waals surface area contributed by atoms with Crippen molar-refractivity contribution in [1.82, 2.24) is 10.9 Å². The fraction of sp³-hybridized carbons (Fsp3) is 0.133. The van der Waals surface area contributed by atoms with Gasteiger partial charge in [0.2, 0.25) is 11.7 Å². The van der Waals surface area contributed by atoms with Gasteiger partial charge in [-0.05, 0) is 30.3 Å².